The first-order valence-electron chi connectivity index (χ1n) is 3.92. The summed E-state index contributed by atoms with van der Waals surface area (Å²) in [6.45, 7) is 1.56. The fourth-order valence-electron chi connectivity index (χ4n) is 0.718. The van der Waals surface area contributed by atoms with Gasteiger partial charge in [-0.25, -0.2) is 4.79 Å². The molecule has 6 nitrogen and oxygen atoms in total. The molecule has 0 spiro atoms. The molecule has 0 aromatic carbocycles. The van der Waals surface area contributed by atoms with Crippen LogP contribution in [0.15, 0.2) is 0 Å². The molecule has 0 aromatic heterocycles. The summed E-state index contributed by atoms with van der Waals surface area (Å²) < 4.78 is 4.57. The number of carbonyl (C=O) groups excluding carboxylic acids is 2. The average molecular weight is 190 g/mol. The lowest BCUT2D eigenvalue weighted by atomic mass is 10.5. The van der Waals surface area contributed by atoms with E-state index in [0.717, 1.165) is 4.90 Å². The lowest BCUT2D eigenvalue weighted by Crippen LogP contribution is -2.38. The van der Waals surface area contributed by atoms with Crippen LogP contribution in [0.2, 0.25) is 0 Å². The zero-order chi connectivity index (χ0) is 10.3. The minimum Gasteiger partial charge on any atom is -0.447 e. The molecule has 0 fully saturated rings. The van der Waals surface area contributed by atoms with Gasteiger partial charge in [-0.3, -0.25) is 9.69 Å². The van der Waals surface area contributed by atoms with Gasteiger partial charge in [-0.05, 0) is 6.92 Å². The molecule has 0 radical (unpaired) electrons. The van der Waals surface area contributed by atoms with Gasteiger partial charge in [-0.1, -0.05) is 0 Å². The zero-order valence-electron chi connectivity index (χ0n) is 7.52. The van der Waals surface area contributed by atoms with Gasteiger partial charge in [0.05, 0.1) is 6.61 Å². The van der Waals surface area contributed by atoms with Crippen LogP contribution in [0, 0.1) is 0 Å². The van der Waals surface area contributed by atoms with Crippen molar-refractivity contribution in [1.82, 2.24) is 4.90 Å². The van der Waals surface area contributed by atoms with Gasteiger partial charge in [0.1, 0.15) is 13.2 Å². The summed E-state index contributed by atoms with van der Waals surface area (Å²) in [5.41, 5.74) is 4.90. The molecule has 0 unspecified atom stereocenters. The van der Waals surface area contributed by atoms with Gasteiger partial charge in [0, 0.05) is 6.54 Å². The number of rotatable bonds is 5. The lowest BCUT2D eigenvalue weighted by molar-refractivity contribution is -0.118. The Labute approximate surface area is 76.3 Å². The largest absolute Gasteiger partial charge is 0.447 e. The van der Waals surface area contributed by atoms with Gasteiger partial charge in [0.25, 0.3) is 0 Å². The van der Waals surface area contributed by atoms with Crippen molar-refractivity contribution in [3.8, 4) is 0 Å². The van der Waals surface area contributed by atoms with Crippen LogP contribution in [0.1, 0.15) is 6.92 Å². The summed E-state index contributed by atoms with van der Waals surface area (Å²) in [4.78, 5) is 22.7. The van der Waals surface area contributed by atoms with E-state index < -0.39 is 12.0 Å². The summed E-state index contributed by atoms with van der Waals surface area (Å²) in [6.07, 6.45) is -0.643. The van der Waals surface area contributed by atoms with Gasteiger partial charge < -0.3 is 15.6 Å². The van der Waals surface area contributed by atoms with Crippen LogP contribution in [0.3, 0.4) is 0 Å². The van der Waals surface area contributed by atoms with Crippen LogP contribution >= 0.6 is 0 Å². The highest BCUT2D eigenvalue weighted by Crippen LogP contribution is 1.92. The summed E-state index contributed by atoms with van der Waals surface area (Å²) in [7, 11) is 0. The van der Waals surface area contributed by atoms with Crippen molar-refractivity contribution >= 4 is 12.0 Å². The summed E-state index contributed by atoms with van der Waals surface area (Å²) in [6, 6.07) is 0. The first-order chi connectivity index (χ1) is 6.11. The van der Waals surface area contributed by atoms with E-state index in [-0.39, 0.29) is 19.8 Å². The number of primary amides is 1. The number of hydrogen-bond donors (Lipinski definition) is 2. The maximum Gasteiger partial charge on any atom is 0.410 e. The minimum atomic E-state index is -0.643. The third-order valence-electron chi connectivity index (χ3n) is 1.30. The van der Waals surface area contributed by atoms with E-state index in [2.05, 4.69) is 4.74 Å². The Kier molecular flexibility index (Phi) is 5.62. The second kappa shape index (κ2) is 6.24. The van der Waals surface area contributed by atoms with Crippen LogP contribution in [0.25, 0.3) is 0 Å². The molecule has 13 heavy (non-hydrogen) atoms. The Morgan fingerprint density at radius 3 is 2.54 bits per heavy atom. The Bertz CT molecular complexity index is 183. The molecular formula is C7H14N2O4. The number of hydrogen-bond acceptors (Lipinski definition) is 4. The van der Waals surface area contributed by atoms with Gasteiger partial charge in [-0.2, -0.15) is 0 Å². The van der Waals surface area contributed by atoms with Crippen LogP contribution in [-0.2, 0) is 9.53 Å². The molecule has 76 valence electrons. The smallest absolute Gasteiger partial charge is 0.410 e. The van der Waals surface area contributed by atoms with Crippen molar-refractivity contribution in [3.63, 3.8) is 0 Å². The van der Waals surface area contributed by atoms with Gasteiger partial charge in [0.2, 0.25) is 5.91 Å². The molecule has 0 bridgehead atoms. The molecule has 0 rings (SSSR count). The lowest BCUT2D eigenvalue weighted by Gasteiger charge is -2.17. The standard InChI is InChI=1S/C7H14N2O4/c1-2-9(5-6(8)11)7(12)13-4-3-10/h10H,2-5H2,1H3,(H2,8,11). The molecule has 6 heteroatoms. The van der Waals surface area contributed by atoms with Crippen LogP contribution in [0.4, 0.5) is 4.79 Å². The fraction of sp³-hybridized carbons (Fsp3) is 0.714. The van der Waals surface area contributed by atoms with Crippen LogP contribution in [0.5, 0.6) is 0 Å². The van der Waals surface area contributed by atoms with Crippen molar-refractivity contribution in [1.29, 1.82) is 0 Å². The molecule has 0 aromatic rings. The highest BCUT2D eigenvalue weighted by atomic mass is 16.6. The second-order valence-electron chi connectivity index (χ2n) is 2.32. The predicted molar refractivity (Wildman–Crippen MR) is 44.9 cm³/mol. The number of likely N-dealkylation sites (N-methyl/N-ethyl adjacent to an activating group) is 1. The summed E-state index contributed by atoms with van der Waals surface area (Å²) >= 11 is 0. The van der Waals surface area contributed by atoms with E-state index in [1.807, 2.05) is 0 Å². The quantitative estimate of drug-likeness (QED) is 0.576. The van der Waals surface area contributed by atoms with E-state index in [9.17, 15) is 9.59 Å². The number of carbonyl (C=O) groups is 2. The number of aliphatic hydroxyl groups excluding tert-OH is 1. The zero-order valence-corrected chi connectivity index (χ0v) is 7.52. The van der Waals surface area contributed by atoms with E-state index in [0.29, 0.717) is 6.54 Å². The highest BCUT2D eigenvalue weighted by Gasteiger charge is 2.14. The maximum absolute atomic E-state index is 11.1. The molecule has 0 aliphatic carbocycles. The average Bonchev–Trinajstić information content (AvgIpc) is 2.09. The molecular weight excluding hydrogens is 176 g/mol. The van der Waals surface area contributed by atoms with Gasteiger partial charge in [-0.15, -0.1) is 0 Å². The molecule has 3 N–H and O–H groups in total. The maximum atomic E-state index is 11.1. The third kappa shape index (κ3) is 5.02. The Morgan fingerprint density at radius 1 is 1.54 bits per heavy atom. The van der Waals surface area contributed by atoms with Crippen molar-refractivity contribution in [2.24, 2.45) is 5.73 Å². The van der Waals surface area contributed by atoms with Crippen molar-refractivity contribution in [3.05, 3.63) is 0 Å². The first kappa shape index (κ1) is 11.7. The van der Waals surface area contributed by atoms with E-state index >= 15 is 0 Å². The van der Waals surface area contributed by atoms with Crippen LogP contribution < -0.4 is 5.73 Å². The second-order valence-corrected chi connectivity index (χ2v) is 2.32. The van der Waals surface area contributed by atoms with Gasteiger partial charge in [0.15, 0.2) is 0 Å². The Morgan fingerprint density at radius 2 is 2.15 bits per heavy atom. The van der Waals surface area contributed by atoms with Crippen molar-refractivity contribution < 1.29 is 19.4 Å². The normalized spacial score (nSPS) is 9.38. The highest BCUT2D eigenvalue weighted by molar-refractivity contribution is 5.80. The summed E-state index contributed by atoms with van der Waals surface area (Å²) in [5.74, 6) is -0.595. The predicted octanol–water partition coefficient (Wildman–Crippen LogP) is -1.08. The first-order valence-corrected chi connectivity index (χ1v) is 3.92. The number of ether oxygens (including phenoxy) is 1. The molecule has 2 amide bonds. The Balaban J connectivity index is 3.92. The monoisotopic (exact) mass is 190 g/mol. The molecule has 0 saturated heterocycles. The summed E-state index contributed by atoms with van der Waals surface area (Å²) in [5, 5.41) is 8.36. The molecule has 0 saturated carbocycles. The fourth-order valence-corrected chi connectivity index (χ4v) is 0.718. The number of nitrogens with zero attached hydrogens (tertiary/aromatic N) is 1. The third-order valence-corrected chi connectivity index (χ3v) is 1.30. The SMILES string of the molecule is CCN(CC(N)=O)C(=O)OCCO. The molecule has 0 aliphatic heterocycles. The number of amides is 2. The van der Waals surface area contributed by atoms with Crippen LogP contribution in [-0.4, -0.2) is 48.3 Å². The van der Waals surface area contributed by atoms with E-state index in [4.69, 9.17) is 10.8 Å². The number of nitrogens with two attached hydrogens (primary N) is 1. The molecule has 0 atom stereocenters. The van der Waals surface area contributed by atoms with E-state index in [1.165, 1.54) is 0 Å². The molecule has 0 heterocycles. The van der Waals surface area contributed by atoms with E-state index in [1.54, 1.807) is 6.92 Å². The Hall–Kier alpha value is -1.30. The van der Waals surface area contributed by atoms with Crippen molar-refractivity contribution in [2.45, 2.75) is 6.92 Å². The van der Waals surface area contributed by atoms with Gasteiger partial charge >= 0.3 is 6.09 Å². The van der Waals surface area contributed by atoms with Crippen molar-refractivity contribution in [2.75, 3.05) is 26.3 Å². The number of aliphatic hydroxyl groups is 1. The molecule has 0 aliphatic rings. The topological polar surface area (TPSA) is 92.9 Å². The minimum absolute atomic E-state index is 0.0753.